The first kappa shape index (κ1) is 15.3. The van der Waals surface area contributed by atoms with Gasteiger partial charge in [0, 0.05) is 17.5 Å². The first-order chi connectivity index (χ1) is 9.56. The van der Waals surface area contributed by atoms with E-state index < -0.39 is 17.8 Å². The average molecular weight is 314 g/mol. The number of aliphatic hydroxyl groups is 1. The molecule has 0 aliphatic rings. The van der Waals surface area contributed by atoms with Crippen molar-refractivity contribution < 1.29 is 9.50 Å². The second-order valence-corrected chi connectivity index (χ2v) is 5.27. The third kappa shape index (κ3) is 2.96. The summed E-state index contributed by atoms with van der Waals surface area (Å²) in [7, 11) is 0. The molecule has 2 unspecified atom stereocenters. The van der Waals surface area contributed by atoms with Crippen molar-refractivity contribution in [3.63, 3.8) is 0 Å². The van der Waals surface area contributed by atoms with Crippen LogP contribution in [0, 0.1) is 5.82 Å². The van der Waals surface area contributed by atoms with Crippen molar-refractivity contribution in [3.05, 3.63) is 69.5 Å². The minimum atomic E-state index is -0.998. The van der Waals surface area contributed by atoms with E-state index in [4.69, 9.17) is 28.9 Å². The summed E-state index contributed by atoms with van der Waals surface area (Å²) in [6.45, 7) is 0.0731. The highest BCUT2D eigenvalue weighted by atomic mass is 35.5. The van der Waals surface area contributed by atoms with E-state index in [9.17, 15) is 9.50 Å². The van der Waals surface area contributed by atoms with E-state index >= 15 is 0 Å². The largest absolute Gasteiger partial charge is 0.388 e. The average Bonchev–Trinajstić information content (AvgIpc) is 2.44. The van der Waals surface area contributed by atoms with Crippen molar-refractivity contribution in [3.8, 4) is 0 Å². The maximum Gasteiger partial charge on any atom is 0.145 e. The predicted molar refractivity (Wildman–Crippen MR) is 79.6 cm³/mol. The molecular formula is C15H14Cl2FNO. The van der Waals surface area contributed by atoms with Crippen LogP contribution in [0.3, 0.4) is 0 Å². The third-order valence-corrected chi connectivity index (χ3v) is 3.88. The van der Waals surface area contributed by atoms with Crippen LogP contribution in [0.4, 0.5) is 4.39 Å². The topological polar surface area (TPSA) is 46.2 Å². The predicted octanol–water partition coefficient (Wildman–Crippen LogP) is 3.91. The number of hydrogen-bond acceptors (Lipinski definition) is 2. The smallest absolute Gasteiger partial charge is 0.145 e. The lowest BCUT2D eigenvalue weighted by Crippen LogP contribution is -2.21. The Morgan fingerprint density at radius 2 is 1.60 bits per heavy atom. The second-order valence-electron chi connectivity index (χ2n) is 4.45. The molecule has 0 saturated heterocycles. The fourth-order valence-electron chi connectivity index (χ4n) is 2.16. The molecule has 0 fully saturated rings. The lowest BCUT2D eigenvalue weighted by molar-refractivity contribution is 0.146. The molecular weight excluding hydrogens is 300 g/mol. The number of nitrogens with two attached hydrogens (primary N) is 1. The van der Waals surface area contributed by atoms with Crippen LogP contribution >= 0.6 is 23.2 Å². The van der Waals surface area contributed by atoms with Gasteiger partial charge in [0.15, 0.2) is 0 Å². The van der Waals surface area contributed by atoms with Gasteiger partial charge in [-0.1, -0.05) is 53.5 Å². The van der Waals surface area contributed by atoms with Crippen molar-refractivity contribution >= 4 is 23.2 Å². The van der Waals surface area contributed by atoms with E-state index in [0.29, 0.717) is 10.6 Å². The monoisotopic (exact) mass is 313 g/mol. The molecule has 0 spiro atoms. The van der Waals surface area contributed by atoms with Gasteiger partial charge in [-0.2, -0.15) is 0 Å². The van der Waals surface area contributed by atoms with Gasteiger partial charge in [0.25, 0.3) is 0 Å². The molecule has 0 heterocycles. The summed E-state index contributed by atoms with van der Waals surface area (Å²) >= 11 is 11.8. The third-order valence-electron chi connectivity index (χ3n) is 3.24. The number of rotatable bonds is 4. The lowest BCUT2D eigenvalue weighted by Gasteiger charge is -2.23. The molecule has 2 aromatic carbocycles. The van der Waals surface area contributed by atoms with Gasteiger partial charge in [-0.3, -0.25) is 0 Å². The highest BCUT2D eigenvalue weighted by Crippen LogP contribution is 2.36. The van der Waals surface area contributed by atoms with Crippen LogP contribution in [-0.2, 0) is 0 Å². The summed E-state index contributed by atoms with van der Waals surface area (Å²) in [6, 6.07) is 11.5. The summed E-state index contributed by atoms with van der Waals surface area (Å²) in [5.74, 6) is -1.18. The standard InChI is InChI=1S/C15H14Cl2FNO/c16-12-6-2-1-4-10(12)15(20)11(8-19)9-5-3-7-13(17)14(9)18/h1-7,11,15,20H,8,19H2. The zero-order valence-corrected chi connectivity index (χ0v) is 12.1. The molecule has 106 valence electrons. The molecule has 20 heavy (non-hydrogen) atoms. The van der Waals surface area contributed by atoms with Gasteiger partial charge in [0.2, 0.25) is 0 Å². The van der Waals surface area contributed by atoms with Crippen LogP contribution in [0.25, 0.3) is 0 Å². The SMILES string of the molecule is NCC(c1cccc(Cl)c1F)C(O)c1ccccc1Cl. The molecule has 2 atom stereocenters. The zero-order chi connectivity index (χ0) is 14.7. The fourth-order valence-corrected chi connectivity index (χ4v) is 2.59. The van der Waals surface area contributed by atoms with Crippen LogP contribution < -0.4 is 5.73 Å². The van der Waals surface area contributed by atoms with E-state index in [1.165, 1.54) is 6.07 Å². The van der Waals surface area contributed by atoms with Gasteiger partial charge in [0.1, 0.15) is 5.82 Å². The Bertz CT molecular complexity index is 606. The molecule has 0 bridgehead atoms. The second kappa shape index (κ2) is 6.55. The molecule has 2 nitrogen and oxygen atoms in total. The van der Waals surface area contributed by atoms with Crippen molar-refractivity contribution in [2.45, 2.75) is 12.0 Å². The molecule has 0 saturated carbocycles. The summed E-state index contributed by atoms with van der Waals surface area (Å²) in [5.41, 5.74) is 6.50. The highest BCUT2D eigenvalue weighted by Gasteiger charge is 2.26. The van der Waals surface area contributed by atoms with E-state index in [-0.39, 0.29) is 17.1 Å². The number of hydrogen-bond donors (Lipinski definition) is 2. The zero-order valence-electron chi connectivity index (χ0n) is 10.6. The summed E-state index contributed by atoms with van der Waals surface area (Å²) in [4.78, 5) is 0. The first-order valence-corrected chi connectivity index (χ1v) is 6.88. The van der Waals surface area contributed by atoms with Gasteiger partial charge >= 0.3 is 0 Å². The molecule has 0 amide bonds. The molecule has 0 aromatic heterocycles. The number of benzene rings is 2. The lowest BCUT2D eigenvalue weighted by atomic mass is 9.89. The maximum absolute atomic E-state index is 14.1. The van der Waals surface area contributed by atoms with Crippen LogP contribution in [0.5, 0.6) is 0 Å². The Morgan fingerprint density at radius 3 is 2.25 bits per heavy atom. The van der Waals surface area contributed by atoms with Crippen LogP contribution in [0.2, 0.25) is 10.0 Å². The Balaban J connectivity index is 2.42. The van der Waals surface area contributed by atoms with Crippen LogP contribution in [0.1, 0.15) is 23.1 Å². The Kier molecular flexibility index (Phi) is 5.00. The van der Waals surface area contributed by atoms with Gasteiger partial charge < -0.3 is 10.8 Å². The van der Waals surface area contributed by atoms with Crippen LogP contribution in [-0.4, -0.2) is 11.7 Å². The summed E-state index contributed by atoms with van der Waals surface area (Å²) in [5, 5.41) is 10.9. The van der Waals surface area contributed by atoms with Crippen molar-refractivity contribution in [2.24, 2.45) is 5.73 Å². The molecule has 2 aromatic rings. The van der Waals surface area contributed by atoms with Gasteiger partial charge in [-0.15, -0.1) is 0 Å². The number of aliphatic hydroxyl groups excluding tert-OH is 1. The van der Waals surface area contributed by atoms with Crippen molar-refractivity contribution in [2.75, 3.05) is 6.54 Å². The molecule has 5 heteroatoms. The normalized spacial score (nSPS) is 14.1. The molecule has 2 rings (SSSR count). The fraction of sp³-hybridized carbons (Fsp3) is 0.200. The Morgan fingerprint density at radius 1 is 1.00 bits per heavy atom. The molecule has 3 N–H and O–H groups in total. The highest BCUT2D eigenvalue weighted by molar-refractivity contribution is 6.31. The molecule has 0 radical (unpaired) electrons. The van der Waals surface area contributed by atoms with E-state index in [1.807, 2.05) is 0 Å². The van der Waals surface area contributed by atoms with Crippen molar-refractivity contribution in [1.82, 2.24) is 0 Å². The molecule has 0 aliphatic carbocycles. The Hall–Kier alpha value is -1.13. The summed E-state index contributed by atoms with van der Waals surface area (Å²) in [6.07, 6.45) is -0.998. The van der Waals surface area contributed by atoms with Crippen LogP contribution in [0.15, 0.2) is 42.5 Å². The quantitative estimate of drug-likeness (QED) is 0.899. The maximum atomic E-state index is 14.1. The Labute approximate surface area is 126 Å². The first-order valence-electron chi connectivity index (χ1n) is 6.12. The molecule has 0 aliphatic heterocycles. The number of halogens is 3. The minimum absolute atomic E-state index is 0.00677. The van der Waals surface area contributed by atoms with E-state index in [1.54, 1.807) is 36.4 Å². The van der Waals surface area contributed by atoms with Gasteiger partial charge in [-0.05, 0) is 23.3 Å². The minimum Gasteiger partial charge on any atom is -0.388 e. The van der Waals surface area contributed by atoms with Gasteiger partial charge in [-0.25, -0.2) is 4.39 Å². The van der Waals surface area contributed by atoms with E-state index in [0.717, 1.165) is 0 Å². The van der Waals surface area contributed by atoms with Gasteiger partial charge in [0.05, 0.1) is 11.1 Å². The van der Waals surface area contributed by atoms with Crippen molar-refractivity contribution in [1.29, 1.82) is 0 Å². The van der Waals surface area contributed by atoms with E-state index in [2.05, 4.69) is 0 Å². The summed E-state index contributed by atoms with van der Waals surface area (Å²) < 4.78 is 14.1.